The van der Waals surface area contributed by atoms with E-state index in [1.54, 1.807) is 24.3 Å². The molecular formula is C20H19O4P. The first-order valence-corrected chi connectivity index (χ1v) is 8.90. The van der Waals surface area contributed by atoms with Crippen LogP contribution in [-0.2, 0) is 15.5 Å². The van der Waals surface area contributed by atoms with Gasteiger partial charge in [0.2, 0.25) is 0 Å². The van der Waals surface area contributed by atoms with E-state index in [4.69, 9.17) is 5.11 Å². The van der Waals surface area contributed by atoms with Crippen LogP contribution in [0.4, 0.5) is 0 Å². The summed E-state index contributed by atoms with van der Waals surface area (Å²) in [6, 6.07) is 27.3. The minimum atomic E-state index is -2.75. The minimum Gasteiger partial charge on any atom is -0.566 e. The van der Waals surface area contributed by atoms with Crippen LogP contribution in [0, 0.1) is 0 Å². The summed E-state index contributed by atoms with van der Waals surface area (Å²) in [5, 5.41) is 8.94. The first-order valence-electron chi connectivity index (χ1n) is 7.81. The molecule has 4 nitrogen and oxygen atoms in total. The van der Waals surface area contributed by atoms with E-state index in [0.29, 0.717) is 6.42 Å². The van der Waals surface area contributed by atoms with Gasteiger partial charge in [-0.1, -0.05) is 72.8 Å². The molecule has 0 aliphatic carbocycles. The monoisotopic (exact) mass is 354 g/mol. The van der Waals surface area contributed by atoms with Crippen molar-refractivity contribution < 1.29 is 19.1 Å². The molecule has 25 heavy (non-hydrogen) atoms. The van der Waals surface area contributed by atoms with Gasteiger partial charge < -0.3 is 10.00 Å². The van der Waals surface area contributed by atoms with Crippen molar-refractivity contribution in [2.45, 2.75) is 6.42 Å². The van der Waals surface area contributed by atoms with Crippen LogP contribution in [0.3, 0.4) is 0 Å². The van der Waals surface area contributed by atoms with Gasteiger partial charge >= 0.3 is 8.25 Å². The SMILES string of the molecule is O=[P+]([O-])OCCc1ccc(O)cc1.c1ccc(-c2ccccc2)cc1. The van der Waals surface area contributed by atoms with Crippen molar-refractivity contribution in [1.29, 1.82) is 0 Å². The van der Waals surface area contributed by atoms with E-state index >= 15 is 0 Å². The van der Waals surface area contributed by atoms with Crippen LogP contribution in [0.25, 0.3) is 11.1 Å². The molecule has 0 saturated heterocycles. The first kappa shape index (κ1) is 18.8. The molecule has 1 N–H and O–H groups in total. The lowest BCUT2D eigenvalue weighted by atomic mass is 10.1. The predicted octanol–water partition coefficient (Wildman–Crippen LogP) is 4.32. The van der Waals surface area contributed by atoms with Crippen molar-refractivity contribution >= 4 is 8.25 Å². The third-order valence-electron chi connectivity index (χ3n) is 3.40. The highest BCUT2D eigenvalue weighted by atomic mass is 31.1. The molecule has 0 radical (unpaired) electrons. The van der Waals surface area contributed by atoms with E-state index in [9.17, 15) is 9.46 Å². The number of aromatic hydroxyl groups is 1. The molecule has 0 heterocycles. The number of rotatable bonds is 5. The topological polar surface area (TPSA) is 69.6 Å². The smallest absolute Gasteiger partial charge is 0.488 e. The van der Waals surface area contributed by atoms with Gasteiger partial charge in [0.05, 0.1) is 0 Å². The number of phenolic OH excluding ortho intramolecular Hbond substituents is 1. The highest BCUT2D eigenvalue weighted by Gasteiger charge is 2.01. The molecular weight excluding hydrogens is 335 g/mol. The van der Waals surface area contributed by atoms with Gasteiger partial charge in [0.15, 0.2) is 0 Å². The maximum absolute atomic E-state index is 10.0. The van der Waals surface area contributed by atoms with E-state index in [2.05, 4.69) is 53.1 Å². The van der Waals surface area contributed by atoms with E-state index in [-0.39, 0.29) is 12.4 Å². The predicted molar refractivity (Wildman–Crippen MR) is 97.2 cm³/mol. The van der Waals surface area contributed by atoms with Gasteiger partial charge in [0, 0.05) is 6.42 Å². The van der Waals surface area contributed by atoms with Crippen LogP contribution in [0.15, 0.2) is 84.9 Å². The van der Waals surface area contributed by atoms with E-state index in [1.807, 2.05) is 12.1 Å². The molecule has 1 atom stereocenters. The molecule has 0 aliphatic rings. The normalized spacial score (nSPS) is 10.5. The Balaban J connectivity index is 0.000000181. The number of benzene rings is 3. The Hall–Kier alpha value is -2.52. The van der Waals surface area contributed by atoms with Crippen LogP contribution >= 0.6 is 8.25 Å². The molecule has 3 aromatic rings. The van der Waals surface area contributed by atoms with Crippen molar-refractivity contribution in [3.05, 3.63) is 90.5 Å². The molecule has 0 saturated carbocycles. The molecule has 1 unspecified atom stereocenters. The quantitative estimate of drug-likeness (QED) is 0.693. The average molecular weight is 354 g/mol. The first-order chi connectivity index (χ1) is 12.1. The standard InChI is InChI=1S/C12H10.C8H9O4P/c1-3-7-11(8-4-1)12-9-5-2-6-10-12;9-8-3-1-7(2-4-8)5-6-12-13(10)11/h1-10H;1-4,9H,5-6H2. The van der Waals surface area contributed by atoms with Gasteiger partial charge in [-0.2, -0.15) is 0 Å². The summed E-state index contributed by atoms with van der Waals surface area (Å²) < 4.78 is 14.4. The summed E-state index contributed by atoms with van der Waals surface area (Å²) in [4.78, 5) is 10.0. The highest BCUT2D eigenvalue weighted by molar-refractivity contribution is 7.30. The number of phenols is 1. The van der Waals surface area contributed by atoms with Gasteiger partial charge in [-0.25, -0.2) is 0 Å². The minimum absolute atomic E-state index is 0.142. The fourth-order valence-corrected chi connectivity index (χ4v) is 2.40. The van der Waals surface area contributed by atoms with Crippen molar-refractivity contribution in [2.24, 2.45) is 0 Å². The zero-order valence-corrected chi connectivity index (χ0v) is 14.5. The summed E-state index contributed by atoms with van der Waals surface area (Å²) in [5.41, 5.74) is 3.48. The maximum atomic E-state index is 10.0. The van der Waals surface area contributed by atoms with Crippen LogP contribution in [-0.4, -0.2) is 11.7 Å². The third kappa shape index (κ3) is 7.27. The average Bonchev–Trinajstić information content (AvgIpc) is 2.65. The lowest BCUT2D eigenvalue weighted by molar-refractivity contribution is -0.185. The second-order valence-electron chi connectivity index (χ2n) is 5.21. The maximum Gasteiger partial charge on any atom is 0.488 e. The molecule has 0 aromatic heterocycles. The van der Waals surface area contributed by atoms with Gasteiger partial charge in [0.25, 0.3) is 0 Å². The molecule has 3 aromatic carbocycles. The van der Waals surface area contributed by atoms with E-state index < -0.39 is 8.25 Å². The lowest BCUT2D eigenvalue weighted by Gasteiger charge is -1.98. The molecule has 0 bridgehead atoms. The summed E-state index contributed by atoms with van der Waals surface area (Å²) in [6.45, 7) is 0.142. The molecule has 0 amide bonds. The summed E-state index contributed by atoms with van der Waals surface area (Å²) in [6.07, 6.45) is 0.517. The van der Waals surface area contributed by atoms with Crippen LogP contribution in [0.1, 0.15) is 5.56 Å². The Kier molecular flexibility index (Phi) is 7.80. The van der Waals surface area contributed by atoms with Gasteiger partial charge in [-0.05, 0) is 33.4 Å². The molecule has 3 rings (SSSR count). The van der Waals surface area contributed by atoms with Crippen molar-refractivity contribution in [3.63, 3.8) is 0 Å². The molecule has 0 fully saturated rings. The van der Waals surface area contributed by atoms with Crippen molar-refractivity contribution in [2.75, 3.05) is 6.61 Å². The Morgan fingerprint density at radius 3 is 1.72 bits per heavy atom. The zero-order chi connectivity index (χ0) is 17.9. The van der Waals surface area contributed by atoms with E-state index in [0.717, 1.165) is 5.56 Å². The molecule has 5 heteroatoms. The van der Waals surface area contributed by atoms with E-state index in [1.165, 1.54) is 11.1 Å². The largest absolute Gasteiger partial charge is 0.566 e. The zero-order valence-electron chi connectivity index (χ0n) is 13.6. The second kappa shape index (κ2) is 10.4. The van der Waals surface area contributed by atoms with Crippen LogP contribution in [0.2, 0.25) is 0 Å². The summed E-state index contributed by atoms with van der Waals surface area (Å²) in [7, 11) is -2.75. The third-order valence-corrected chi connectivity index (χ3v) is 3.80. The van der Waals surface area contributed by atoms with Crippen molar-refractivity contribution in [1.82, 2.24) is 0 Å². The Morgan fingerprint density at radius 1 is 0.800 bits per heavy atom. The number of hydrogen-bond donors (Lipinski definition) is 1. The lowest BCUT2D eigenvalue weighted by Crippen LogP contribution is -1.97. The summed E-state index contributed by atoms with van der Waals surface area (Å²) in [5.74, 6) is 0.194. The van der Waals surface area contributed by atoms with Gasteiger partial charge in [-0.15, -0.1) is 4.52 Å². The van der Waals surface area contributed by atoms with Crippen LogP contribution in [0.5, 0.6) is 5.75 Å². The molecule has 0 aliphatic heterocycles. The Labute approximate surface area is 148 Å². The van der Waals surface area contributed by atoms with Crippen molar-refractivity contribution in [3.8, 4) is 16.9 Å². The Morgan fingerprint density at radius 2 is 1.28 bits per heavy atom. The number of hydrogen-bond acceptors (Lipinski definition) is 4. The summed E-state index contributed by atoms with van der Waals surface area (Å²) >= 11 is 0. The molecule has 128 valence electrons. The second-order valence-corrected chi connectivity index (χ2v) is 5.91. The van der Waals surface area contributed by atoms with Gasteiger partial charge in [0.1, 0.15) is 12.4 Å². The Bertz CT molecular complexity index is 721. The van der Waals surface area contributed by atoms with Crippen LogP contribution < -0.4 is 4.89 Å². The fourth-order valence-electron chi connectivity index (χ4n) is 2.16. The fraction of sp³-hybridized carbons (Fsp3) is 0.100. The molecule has 0 spiro atoms. The highest BCUT2D eigenvalue weighted by Crippen LogP contribution is 2.17. The van der Waals surface area contributed by atoms with Gasteiger partial charge in [-0.3, -0.25) is 0 Å².